The summed E-state index contributed by atoms with van der Waals surface area (Å²) in [4.78, 5) is 6.86. The number of aromatic nitrogens is 2. The maximum Gasteiger partial charge on any atom is 0.255 e. The summed E-state index contributed by atoms with van der Waals surface area (Å²) in [5.74, 6) is -0.748. The molecule has 15 heavy (non-hydrogen) atoms. The SMILES string of the molecule is C1CCNC1.COc1nc(N)ncc1F. The minimum absolute atomic E-state index is 0.00162. The van der Waals surface area contributed by atoms with Crippen LogP contribution in [0.2, 0.25) is 0 Å². The second kappa shape index (κ2) is 6.13. The molecule has 2 rings (SSSR count). The predicted molar refractivity (Wildman–Crippen MR) is 55.1 cm³/mol. The van der Waals surface area contributed by atoms with Gasteiger partial charge in [-0.3, -0.25) is 0 Å². The van der Waals surface area contributed by atoms with Crippen molar-refractivity contribution in [3.05, 3.63) is 12.0 Å². The molecule has 0 amide bonds. The minimum Gasteiger partial charge on any atom is -0.479 e. The number of nitrogens with zero attached hydrogens (tertiary/aromatic N) is 2. The van der Waals surface area contributed by atoms with Crippen LogP contribution in [0.25, 0.3) is 0 Å². The lowest BCUT2D eigenvalue weighted by atomic mass is 10.4. The van der Waals surface area contributed by atoms with Crippen molar-refractivity contribution in [3.63, 3.8) is 0 Å². The van der Waals surface area contributed by atoms with Gasteiger partial charge in [0.1, 0.15) is 0 Å². The Morgan fingerprint density at radius 2 is 2.13 bits per heavy atom. The van der Waals surface area contributed by atoms with E-state index in [1.807, 2.05) is 0 Å². The molecule has 0 atom stereocenters. The van der Waals surface area contributed by atoms with Gasteiger partial charge in [0.2, 0.25) is 11.8 Å². The van der Waals surface area contributed by atoms with E-state index in [1.165, 1.54) is 33.0 Å². The molecule has 1 saturated heterocycles. The molecular formula is C9H15FN4O. The van der Waals surface area contributed by atoms with Gasteiger partial charge in [-0.25, -0.2) is 4.98 Å². The van der Waals surface area contributed by atoms with Crippen molar-refractivity contribution in [2.75, 3.05) is 25.9 Å². The number of halogens is 1. The zero-order valence-corrected chi connectivity index (χ0v) is 8.66. The van der Waals surface area contributed by atoms with E-state index in [2.05, 4.69) is 20.0 Å². The van der Waals surface area contributed by atoms with Gasteiger partial charge in [-0.15, -0.1) is 0 Å². The van der Waals surface area contributed by atoms with Crippen LogP contribution in [-0.2, 0) is 0 Å². The number of anilines is 1. The van der Waals surface area contributed by atoms with E-state index in [-0.39, 0.29) is 11.8 Å². The maximum absolute atomic E-state index is 12.5. The van der Waals surface area contributed by atoms with E-state index in [0.29, 0.717) is 0 Å². The first kappa shape index (κ1) is 11.6. The summed E-state index contributed by atoms with van der Waals surface area (Å²) in [7, 11) is 1.31. The van der Waals surface area contributed by atoms with Crippen LogP contribution in [0.4, 0.5) is 10.3 Å². The van der Waals surface area contributed by atoms with Crippen LogP contribution in [0.5, 0.6) is 5.88 Å². The Morgan fingerprint density at radius 1 is 1.47 bits per heavy atom. The van der Waals surface area contributed by atoms with Gasteiger partial charge in [-0.2, -0.15) is 9.37 Å². The Bertz CT molecular complexity index is 297. The lowest BCUT2D eigenvalue weighted by Crippen LogP contribution is -2.03. The Morgan fingerprint density at radius 3 is 2.53 bits per heavy atom. The van der Waals surface area contributed by atoms with E-state index in [1.54, 1.807) is 0 Å². The molecule has 0 aliphatic carbocycles. The number of nitrogen functional groups attached to an aromatic ring is 1. The number of hydrogen-bond acceptors (Lipinski definition) is 5. The monoisotopic (exact) mass is 214 g/mol. The number of methoxy groups -OCH3 is 1. The van der Waals surface area contributed by atoms with Crippen molar-refractivity contribution in [1.29, 1.82) is 0 Å². The van der Waals surface area contributed by atoms with Crippen molar-refractivity contribution in [2.24, 2.45) is 0 Å². The van der Waals surface area contributed by atoms with Gasteiger partial charge in [0.15, 0.2) is 0 Å². The molecule has 84 valence electrons. The fraction of sp³-hybridized carbons (Fsp3) is 0.556. The molecule has 1 aromatic heterocycles. The third-order valence-electron chi connectivity index (χ3n) is 1.88. The van der Waals surface area contributed by atoms with E-state index in [0.717, 1.165) is 6.20 Å². The highest BCUT2D eigenvalue weighted by Gasteiger charge is 2.03. The zero-order chi connectivity index (χ0) is 11.1. The average molecular weight is 214 g/mol. The predicted octanol–water partition coefficient (Wildman–Crippen LogP) is 0.576. The lowest BCUT2D eigenvalue weighted by Gasteiger charge is -1.98. The quantitative estimate of drug-likeness (QED) is 0.715. The van der Waals surface area contributed by atoms with E-state index in [4.69, 9.17) is 5.73 Å². The van der Waals surface area contributed by atoms with Gasteiger partial charge >= 0.3 is 0 Å². The van der Waals surface area contributed by atoms with Crippen LogP contribution < -0.4 is 15.8 Å². The maximum atomic E-state index is 12.5. The highest BCUT2D eigenvalue weighted by atomic mass is 19.1. The fourth-order valence-corrected chi connectivity index (χ4v) is 1.13. The molecule has 0 radical (unpaired) electrons. The molecular weight excluding hydrogens is 199 g/mol. The minimum atomic E-state index is -0.614. The van der Waals surface area contributed by atoms with Crippen molar-refractivity contribution >= 4 is 5.95 Å². The number of nitrogens with one attached hydrogen (secondary N) is 1. The topological polar surface area (TPSA) is 73.1 Å². The molecule has 1 fully saturated rings. The highest BCUT2D eigenvalue weighted by molar-refractivity contribution is 5.22. The summed E-state index contributed by atoms with van der Waals surface area (Å²) in [6.45, 7) is 2.50. The van der Waals surface area contributed by atoms with Crippen LogP contribution >= 0.6 is 0 Å². The summed E-state index contributed by atoms with van der Waals surface area (Å²) in [6.07, 6.45) is 3.74. The van der Waals surface area contributed by atoms with Crippen LogP contribution in [0.1, 0.15) is 12.8 Å². The smallest absolute Gasteiger partial charge is 0.255 e. The number of hydrogen-bond donors (Lipinski definition) is 2. The number of ether oxygens (including phenoxy) is 1. The first-order valence-corrected chi connectivity index (χ1v) is 4.76. The molecule has 1 aliphatic rings. The van der Waals surface area contributed by atoms with Crippen molar-refractivity contribution < 1.29 is 9.13 Å². The van der Waals surface area contributed by atoms with Crippen LogP contribution in [0.15, 0.2) is 6.20 Å². The van der Waals surface area contributed by atoms with E-state index in [9.17, 15) is 4.39 Å². The molecule has 6 heteroatoms. The van der Waals surface area contributed by atoms with Gasteiger partial charge in [-0.05, 0) is 25.9 Å². The molecule has 0 unspecified atom stereocenters. The summed E-state index contributed by atoms with van der Waals surface area (Å²) < 4.78 is 17.0. The van der Waals surface area contributed by atoms with Crippen molar-refractivity contribution in [2.45, 2.75) is 12.8 Å². The third kappa shape index (κ3) is 4.07. The Balaban J connectivity index is 0.000000187. The molecule has 0 aromatic carbocycles. The van der Waals surface area contributed by atoms with Crippen molar-refractivity contribution in [1.82, 2.24) is 15.3 Å². The van der Waals surface area contributed by atoms with Crippen LogP contribution in [0.3, 0.4) is 0 Å². The second-order valence-electron chi connectivity index (χ2n) is 3.04. The first-order valence-electron chi connectivity index (χ1n) is 4.76. The molecule has 0 spiro atoms. The van der Waals surface area contributed by atoms with Gasteiger partial charge in [0, 0.05) is 0 Å². The van der Waals surface area contributed by atoms with E-state index >= 15 is 0 Å². The molecule has 0 bridgehead atoms. The molecule has 0 saturated carbocycles. The normalized spacial score (nSPS) is 14.3. The molecule has 2 heterocycles. The third-order valence-corrected chi connectivity index (χ3v) is 1.88. The second-order valence-corrected chi connectivity index (χ2v) is 3.04. The molecule has 1 aliphatic heterocycles. The summed E-state index contributed by atoms with van der Waals surface area (Å²) in [5, 5.41) is 3.22. The molecule has 3 N–H and O–H groups in total. The van der Waals surface area contributed by atoms with Gasteiger partial charge in [0.05, 0.1) is 13.3 Å². The fourth-order valence-electron chi connectivity index (χ4n) is 1.13. The number of nitrogens with two attached hydrogens (primary N) is 1. The van der Waals surface area contributed by atoms with E-state index < -0.39 is 5.82 Å². The zero-order valence-electron chi connectivity index (χ0n) is 8.66. The standard InChI is InChI=1S/C5H6FN3O.C4H9N/c1-10-4-3(6)2-8-5(7)9-4;1-2-4-5-3-1/h2H,1H3,(H2,7,8,9);5H,1-4H2. The summed E-state index contributed by atoms with van der Waals surface area (Å²) >= 11 is 0. The van der Waals surface area contributed by atoms with Crippen LogP contribution in [0, 0.1) is 5.82 Å². The van der Waals surface area contributed by atoms with Gasteiger partial charge in [0.25, 0.3) is 5.88 Å². The Kier molecular flexibility index (Phi) is 4.76. The average Bonchev–Trinajstić information content (AvgIpc) is 2.80. The molecule has 1 aromatic rings. The molecule has 5 nitrogen and oxygen atoms in total. The largest absolute Gasteiger partial charge is 0.479 e. The summed E-state index contributed by atoms with van der Waals surface area (Å²) in [6, 6.07) is 0. The number of rotatable bonds is 1. The van der Waals surface area contributed by atoms with Crippen molar-refractivity contribution in [3.8, 4) is 5.88 Å². The lowest BCUT2D eigenvalue weighted by molar-refractivity contribution is 0.368. The Labute approximate surface area is 87.9 Å². The van der Waals surface area contributed by atoms with Gasteiger partial charge in [-0.1, -0.05) is 0 Å². The first-order chi connectivity index (χ1) is 7.24. The van der Waals surface area contributed by atoms with Crippen LogP contribution in [-0.4, -0.2) is 30.2 Å². The van der Waals surface area contributed by atoms with Gasteiger partial charge < -0.3 is 15.8 Å². The highest BCUT2D eigenvalue weighted by Crippen LogP contribution is 2.11. The Hall–Kier alpha value is -1.43. The summed E-state index contributed by atoms with van der Waals surface area (Å²) in [5.41, 5.74) is 5.13.